The highest BCUT2D eigenvalue weighted by Crippen LogP contribution is 2.23. The molecule has 6 heteroatoms. The number of anilines is 1. The molecule has 3 rings (SSSR count). The van der Waals surface area contributed by atoms with Gasteiger partial charge < -0.3 is 5.32 Å². The van der Waals surface area contributed by atoms with Crippen LogP contribution in [-0.2, 0) is 0 Å². The van der Waals surface area contributed by atoms with Crippen LogP contribution in [0.15, 0.2) is 30.5 Å². The fourth-order valence-electron chi connectivity index (χ4n) is 2.63. The fourth-order valence-corrected chi connectivity index (χ4v) is 2.63. The Hall–Kier alpha value is -3.46. The second-order valence-corrected chi connectivity index (χ2v) is 5.71. The van der Waals surface area contributed by atoms with Gasteiger partial charge in [0, 0.05) is 17.3 Å². The molecule has 0 saturated heterocycles. The molecule has 0 fully saturated rings. The number of nitrogens with one attached hydrogen (secondary N) is 2. The summed E-state index contributed by atoms with van der Waals surface area (Å²) in [6.45, 7) is 5.53. The van der Waals surface area contributed by atoms with Crippen LogP contribution < -0.4 is 5.32 Å². The number of H-pyrrole nitrogens is 1. The number of nitriles is 1. The van der Waals surface area contributed by atoms with E-state index in [1.165, 1.54) is 6.20 Å². The van der Waals surface area contributed by atoms with Gasteiger partial charge >= 0.3 is 0 Å². The summed E-state index contributed by atoms with van der Waals surface area (Å²) in [5.74, 6) is -0.305. The quantitative estimate of drug-likeness (QED) is 0.764. The van der Waals surface area contributed by atoms with Crippen molar-refractivity contribution in [2.75, 3.05) is 5.32 Å². The molecular weight excluding hydrogens is 314 g/mol. The van der Waals surface area contributed by atoms with Crippen LogP contribution in [0, 0.1) is 25.2 Å². The Morgan fingerprint density at radius 2 is 2.12 bits per heavy atom. The molecule has 0 atom stereocenters. The van der Waals surface area contributed by atoms with Gasteiger partial charge in [-0.05, 0) is 56.2 Å². The standard InChI is InChI=1S/C19H17N5O/c1-4-5-16-15-8-14(6-7-17(15)24-23-16)22-19(25)18-12(3)11(2)13(9-20)10-21-18/h4-8,10H,1-3H3,(H,22,25)(H,23,24)/b5-4+. The zero-order valence-corrected chi connectivity index (χ0v) is 14.2. The molecular formula is C19H17N5O. The molecule has 0 aliphatic rings. The molecule has 6 nitrogen and oxygen atoms in total. The second kappa shape index (κ2) is 6.57. The van der Waals surface area contributed by atoms with Crippen molar-refractivity contribution in [1.29, 1.82) is 5.26 Å². The van der Waals surface area contributed by atoms with Gasteiger partial charge in [0.25, 0.3) is 5.91 Å². The van der Waals surface area contributed by atoms with Gasteiger partial charge in [-0.3, -0.25) is 9.89 Å². The molecule has 0 radical (unpaired) electrons. The number of allylic oxidation sites excluding steroid dienone is 1. The third-order valence-electron chi connectivity index (χ3n) is 4.15. The third kappa shape index (κ3) is 3.00. The summed E-state index contributed by atoms with van der Waals surface area (Å²) in [7, 11) is 0. The number of rotatable bonds is 3. The fraction of sp³-hybridized carbons (Fsp3) is 0.158. The Balaban J connectivity index is 1.93. The van der Waals surface area contributed by atoms with Gasteiger partial charge in [0.1, 0.15) is 11.8 Å². The van der Waals surface area contributed by atoms with Crippen LogP contribution in [0.1, 0.15) is 39.8 Å². The highest BCUT2D eigenvalue weighted by molar-refractivity contribution is 6.05. The summed E-state index contributed by atoms with van der Waals surface area (Å²) < 4.78 is 0. The van der Waals surface area contributed by atoms with Crippen molar-refractivity contribution in [3.8, 4) is 6.07 Å². The summed E-state index contributed by atoms with van der Waals surface area (Å²) >= 11 is 0. The minimum Gasteiger partial charge on any atom is -0.321 e. The molecule has 2 heterocycles. The largest absolute Gasteiger partial charge is 0.321 e. The lowest BCUT2D eigenvalue weighted by Gasteiger charge is -2.10. The Morgan fingerprint density at radius 1 is 1.32 bits per heavy atom. The molecule has 0 aliphatic heterocycles. The van der Waals surface area contributed by atoms with Crippen molar-refractivity contribution in [2.45, 2.75) is 20.8 Å². The third-order valence-corrected chi connectivity index (χ3v) is 4.15. The maximum atomic E-state index is 12.6. The van der Waals surface area contributed by atoms with E-state index < -0.39 is 0 Å². The van der Waals surface area contributed by atoms with Crippen molar-refractivity contribution in [3.05, 3.63) is 58.6 Å². The van der Waals surface area contributed by atoms with Crippen LogP contribution in [0.2, 0.25) is 0 Å². The Kier molecular flexibility index (Phi) is 4.31. The van der Waals surface area contributed by atoms with Crippen LogP contribution in [0.25, 0.3) is 17.0 Å². The first-order chi connectivity index (χ1) is 12.0. The van der Waals surface area contributed by atoms with Gasteiger partial charge in [-0.1, -0.05) is 6.08 Å². The van der Waals surface area contributed by atoms with Gasteiger partial charge in [0.05, 0.1) is 16.8 Å². The van der Waals surface area contributed by atoms with Crippen LogP contribution in [0.4, 0.5) is 5.69 Å². The van der Waals surface area contributed by atoms with E-state index in [0.717, 1.165) is 22.2 Å². The average molecular weight is 331 g/mol. The molecule has 2 aromatic heterocycles. The number of carbonyl (C=O) groups is 1. The van der Waals surface area contributed by atoms with Crippen LogP contribution in [-0.4, -0.2) is 21.1 Å². The number of hydrogen-bond acceptors (Lipinski definition) is 4. The smallest absolute Gasteiger partial charge is 0.274 e. The number of fused-ring (bicyclic) bond motifs is 1. The van der Waals surface area contributed by atoms with E-state index in [2.05, 4.69) is 26.6 Å². The van der Waals surface area contributed by atoms with E-state index in [0.29, 0.717) is 22.5 Å². The van der Waals surface area contributed by atoms with E-state index in [-0.39, 0.29) is 5.91 Å². The minimum atomic E-state index is -0.305. The molecule has 0 bridgehead atoms. The van der Waals surface area contributed by atoms with Gasteiger partial charge in [-0.15, -0.1) is 0 Å². The summed E-state index contributed by atoms with van der Waals surface area (Å²) in [4.78, 5) is 16.7. The number of hydrogen-bond donors (Lipinski definition) is 2. The van der Waals surface area contributed by atoms with Crippen molar-refractivity contribution in [1.82, 2.24) is 15.2 Å². The zero-order valence-electron chi connectivity index (χ0n) is 14.2. The van der Waals surface area contributed by atoms with Gasteiger partial charge in [0.15, 0.2) is 0 Å². The normalized spacial score (nSPS) is 11.0. The van der Waals surface area contributed by atoms with Crippen LogP contribution in [0.5, 0.6) is 0 Å². The highest BCUT2D eigenvalue weighted by Gasteiger charge is 2.15. The summed E-state index contributed by atoms with van der Waals surface area (Å²) in [6.07, 6.45) is 5.24. The number of carbonyl (C=O) groups excluding carboxylic acids is 1. The first kappa shape index (κ1) is 16.4. The topological polar surface area (TPSA) is 94.5 Å². The lowest BCUT2D eigenvalue weighted by molar-refractivity contribution is 0.102. The van der Waals surface area contributed by atoms with E-state index in [1.54, 1.807) is 6.92 Å². The first-order valence-corrected chi connectivity index (χ1v) is 7.83. The molecule has 1 aromatic carbocycles. The Labute approximate surface area is 145 Å². The van der Waals surface area contributed by atoms with E-state index in [4.69, 9.17) is 5.26 Å². The Bertz CT molecular complexity index is 1040. The SMILES string of the molecule is C/C=C/c1n[nH]c2ccc(NC(=O)c3ncc(C#N)c(C)c3C)cc12. The summed E-state index contributed by atoms with van der Waals surface area (Å²) in [6, 6.07) is 7.63. The second-order valence-electron chi connectivity index (χ2n) is 5.71. The lowest BCUT2D eigenvalue weighted by atomic mass is 10.0. The van der Waals surface area contributed by atoms with Crippen molar-refractivity contribution < 1.29 is 4.79 Å². The predicted octanol–water partition coefficient (Wildman–Crippen LogP) is 3.73. The lowest BCUT2D eigenvalue weighted by Crippen LogP contribution is -2.16. The van der Waals surface area contributed by atoms with E-state index >= 15 is 0 Å². The van der Waals surface area contributed by atoms with Crippen molar-refractivity contribution in [2.24, 2.45) is 0 Å². The average Bonchev–Trinajstić information content (AvgIpc) is 3.00. The van der Waals surface area contributed by atoms with Gasteiger partial charge in [-0.25, -0.2) is 4.98 Å². The molecule has 2 N–H and O–H groups in total. The zero-order chi connectivity index (χ0) is 18.0. The molecule has 0 saturated carbocycles. The van der Waals surface area contributed by atoms with Crippen molar-refractivity contribution in [3.63, 3.8) is 0 Å². The Morgan fingerprint density at radius 3 is 2.84 bits per heavy atom. The predicted molar refractivity (Wildman–Crippen MR) is 97.2 cm³/mol. The van der Waals surface area contributed by atoms with Gasteiger partial charge in [-0.2, -0.15) is 10.4 Å². The molecule has 0 aliphatic carbocycles. The number of benzene rings is 1. The van der Waals surface area contributed by atoms with Crippen molar-refractivity contribution >= 4 is 28.6 Å². The highest BCUT2D eigenvalue weighted by atomic mass is 16.1. The monoisotopic (exact) mass is 331 g/mol. The number of amides is 1. The summed E-state index contributed by atoms with van der Waals surface area (Å²) in [5, 5.41) is 20.0. The number of aromatic amines is 1. The summed E-state index contributed by atoms with van der Waals surface area (Å²) in [5.41, 5.74) is 4.64. The van der Waals surface area contributed by atoms with Crippen LogP contribution >= 0.6 is 0 Å². The molecule has 0 unspecified atom stereocenters. The molecule has 124 valence electrons. The number of aromatic nitrogens is 3. The molecule has 0 spiro atoms. The van der Waals surface area contributed by atoms with E-state index in [9.17, 15) is 4.79 Å². The minimum absolute atomic E-state index is 0.305. The van der Waals surface area contributed by atoms with E-state index in [1.807, 2.05) is 44.2 Å². The van der Waals surface area contributed by atoms with Crippen LogP contribution in [0.3, 0.4) is 0 Å². The molecule has 3 aromatic rings. The number of pyridine rings is 1. The maximum Gasteiger partial charge on any atom is 0.274 e. The number of nitrogens with zero attached hydrogens (tertiary/aromatic N) is 3. The first-order valence-electron chi connectivity index (χ1n) is 7.83. The van der Waals surface area contributed by atoms with Gasteiger partial charge in [0.2, 0.25) is 0 Å². The molecule has 1 amide bonds. The molecule has 25 heavy (non-hydrogen) atoms. The maximum absolute atomic E-state index is 12.6.